The lowest BCUT2D eigenvalue weighted by Crippen LogP contribution is -2.29. The molecule has 0 aliphatic rings. The van der Waals surface area contributed by atoms with Gasteiger partial charge in [0.05, 0.1) is 0 Å². The molecule has 0 fully saturated rings. The van der Waals surface area contributed by atoms with Crippen LogP contribution in [0.15, 0.2) is 24.3 Å². The zero-order valence-corrected chi connectivity index (χ0v) is 14.5. The van der Waals surface area contributed by atoms with Crippen molar-refractivity contribution < 1.29 is 9.59 Å². The predicted octanol–water partition coefficient (Wildman–Crippen LogP) is 3.21. The second-order valence-electron chi connectivity index (χ2n) is 6.24. The van der Waals surface area contributed by atoms with Crippen LogP contribution in [0.2, 0.25) is 0 Å². The van der Waals surface area contributed by atoms with Gasteiger partial charge >= 0.3 is 0 Å². The van der Waals surface area contributed by atoms with E-state index in [2.05, 4.69) is 31.3 Å². The van der Waals surface area contributed by atoms with Gasteiger partial charge in [-0.1, -0.05) is 39.8 Å². The van der Waals surface area contributed by atoms with E-state index in [-0.39, 0.29) is 17.6 Å². The highest BCUT2D eigenvalue weighted by Crippen LogP contribution is 2.10. The molecule has 124 valence electrons. The fourth-order valence-corrected chi connectivity index (χ4v) is 1.69. The third kappa shape index (κ3) is 10.9. The Morgan fingerprint density at radius 3 is 2.05 bits per heavy atom. The van der Waals surface area contributed by atoms with Crippen molar-refractivity contribution in [1.29, 1.82) is 0 Å². The van der Waals surface area contributed by atoms with Crippen molar-refractivity contribution in [2.45, 2.75) is 47.5 Å². The van der Waals surface area contributed by atoms with Gasteiger partial charge in [-0.05, 0) is 37.0 Å². The van der Waals surface area contributed by atoms with Crippen LogP contribution in [0, 0.1) is 11.8 Å². The zero-order chi connectivity index (χ0) is 17.1. The lowest BCUT2D eigenvalue weighted by Gasteiger charge is -2.05. The van der Waals surface area contributed by atoms with Crippen LogP contribution in [0.5, 0.6) is 0 Å². The topological polar surface area (TPSA) is 72.2 Å². The average molecular weight is 306 g/mol. The molecule has 3 N–H and O–H groups in total. The van der Waals surface area contributed by atoms with Crippen molar-refractivity contribution >= 4 is 17.4 Å². The minimum Gasteiger partial charge on any atom is -0.399 e. The Labute approximate surface area is 134 Å². The molecule has 0 heterocycles. The second-order valence-corrected chi connectivity index (χ2v) is 6.24. The van der Waals surface area contributed by atoms with Crippen LogP contribution in [0.25, 0.3) is 0 Å². The summed E-state index contributed by atoms with van der Waals surface area (Å²) < 4.78 is 0. The average Bonchev–Trinajstić information content (AvgIpc) is 2.41. The number of nitrogen functional groups attached to an aromatic ring is 1. The van der Waals surface area contributed by atoms with Crippen LogP contribution in [0.3, 0.4) is 0 Å². The third-order valence-electron chi connectivity index (χ3n) is 2.92. The van der Waals surface area contributed by atoms with E-state index in [1.54, 1.807) is 0 Å². The number of carbonyl (C=O) groups is 2. The minimum absolute atomic E-state index is 0.00181. The Kier molecular flexibility index (Phi) is 9.92. The molecule has 0 aliphatic heterocycles. The summed E-state index contributed by atoms with van der Waals surface area (Å²) in [6, 6.07) is 8.10. The Morgan fingerprint density at radius 1 is 1.09 bits per heavy atom. The van der Waals surface area contributed by atoms with E-state index in [9.17, 15) is 9.59 Å². The molecule has 0 saturated heterocycles. The van der Waals surface area contributed by atoms with Gasteiger partial charge in [-0.2, -0.15) is 0 Å². The molecule has 4 heteroatoms. The molecule has 1 rings (SSSR count). The second kappa shape index (κ2) is 10.8. The summed E-state index contributed by atoms with van der Waals surface area (Å²) >= 11 is 0. The number of hydrogen-bond donors (Lipinski definition) is 2. The van der Waals surface area contributed by atoms with Crippen LogP contribution < -0.4 is 11.1 Å². The van der Waals surface area contributed by atoms with Crippen LogP contribution in [-0.4, -0.2) is 18.2 Å². The summed E-state index contributed by atoms with van der Waals surface area (Å²) in [7, 11) is 0. The Morgan fingerprint density at radius 2 is 1.64 bits per heavy atom. The molecule has 1 aromatic carbocycles. The number of ketones is 1. The van der Waals surface area contributed by atoms with Crippen molar-refractivity contribution in [3.63, 3.8) is 0 Å². The Bertz CT molecular complexity index is 451. The number of benzene rings is 1. The van der Waals surface area contributed by atoms with E-state index in [0.29, 0.717) is 13.0 Å². The molecule has 0 aromatic heterocycles. The van der Waals surface area contributed by atoms with Gasteiger partial charge in [-0.3, -0.25) is 9.59 Å². The van der Waals surface area contributed by atoms with E-state index in [4.69, 9.17) is 5.73 Å². The molecule has 22 heavy (non-hydrogen) atoms. The summed E-state index contributed by atoms with van der Waals surface area (Å²) in [6.07, 6.45) is 1.57. The largest absolute Gasteiger partial charge is 0.399 e. The number of hydrogen-bond acceptors (Lipinski definition) is 3. The van der Waals surface area contributed by atoms with Crippen LogP contribution in [0.1, 0.15) is 46.6 Å². The van der Waals surface area contributed by atoms with E-state index in [1.165, 1.54) is 12.5 Å². The van der Waals surface area contributed by atoms with Gasteiger partial charge in [0.1, 0.15) is 5.78 Å². The Balaban J connectivity index is 0.000000401. The Hall–Kier alpha value is -1.84. The number of Topliss-reactive ketones (excluding diaryl/α,β-unsaturated/α-hetero) is 1. The van der Waals surface area contributed by atoms with E-state index >= 15 is 0 Å². The number of rotatable bonds is 6. The normalized spacial score (nSPS) is 10.1. The van der Waals surface area contributed by atoms with Crippen LogP contribution >= 0.6 is 0 Å². The lowest BCUT2D eigenvalue weighted by atomic mass is 10.0. The van der Waals surface area contributed by atoms with E-state index in [0.717, 1.165) is 18.0 Å². The van der Waals surface area contributed by atoms with Crippen molar-refractivity contribution in [2.24, 2.45) is 11.8 Å². The number of anilines is 1. The van der Waals surface area contributed by atoms with Gasteiger partial charge < -0.3 is 11.1 Å². The maximum atomic E-state index is 10.9. The first-order chi connectivity index (χ1) is 10.2. The van der Waals surface area contributed by atoms with Gasteiger partial charge in [0.15, 0.2) is 0 Å². The fraction of sp³-hybridized carbons (Fsp3) is 0.556. The molecular weight excluding hydrogens is 276 g/mol. The first-order valence-electron chi connectivity index (χ1n) is 7.84. The minimum atomic E-state index is 0.00181. The van der Waals surface area contributed by atoms with Gasteiger partial charge in [-0.15, -0.1) is 0 Å². The number of nitrogens with one attached hydrogen (secondary N) is 1. The molecule has 0 aliphatic carbocycles. The summed E-state index contributed by atoms with van der Waals surface area (Å²) in [5, 5.41) is 2.65. The van der Waals surface area contributed by atoms with Crippen molar-refractivity contribution in [3.05, 3.63) is 29.8 Å². The summed E-state index contributed by atoms with van der Waals surface area (Å²) in [4.78, 5) is 21.3. The summed E-state index contributed by atoms with van der Waals surface area (Å²) in [5.41, 5.74) is 7.77. The third-order valence-corrected chi connectivity index (χ3v) is 2.92. The monoisotopic (exact) mass is 306 g/mol. The maximum Gasteiger partial charge on any atom is 0.222 e. The lowest BCUT2D eigenvalue weighted by molar-refractivity contribution is -0.124. The number of nitrogens with two attached hydrogens (primary N) is 1. The van der Waals surface area contributed by atoms with Crippen LogP contribution in [-0.2, 0) is 16.0 Å². The van der Waals surface area contributed by atoms with Crippen LogP contribution in [0.4, 0.5) is 5.69 Å². The molecule has 0 unspecified atom stereocenters. The maximum absolute atomic E-state index is 10.9. The molecule has 4 nitrogen and oxygen atoms in total. The van der Waals surface area contributed by atoms with Crippen molar-refractivity contribution in [1.82, 2.24) is 5.32 Å². The quantitative estimate of drug-likeness (QED) is 0.793. The van der Waals surface area contributed by atoms with Crippen molar-refractivity contribution in [2.75, 3.05) is 12.3 Å². The number of amides is 1. The summed E-state index contributed by atoms with van der Waals surface area (Å²) in [5.74, 6) is 0.834. The first kappa shape index (κ1) is 20.2. The van der Waals surface area contributed by atoms with Crippen molar-refractivity contribution in [3.8, 4) is 0 Å². The van der Waals surface area contributed by atoms with Gasteiger partial charge in [-0.25, -0.2) is 0 Å². The molecule has 0 bridgehead atoms. The molecule has 0 spiro atoms. The van der Waals surface area contributed by atoms with E-state index in [1.807, 2.05) is 26.0 Å². The summed E-state index contributed by atoms with van der Waals surface area (Å²) in [6.45, 7) is 10.1. The van der Waals surface area contributed by atoms with Gasteiger partial charge in [0, 0.05) is 24.6 Å². The van der Waals surface area contributed by atoms with Gasteiger partial charge in [0.2, 0.25) is 5.91 Å². The highest BCUT2D eigenvalue weighted by molar-refractivity contribution is 5.79. The molecular formula is C18H30N2O2. The molecule has 0 saturated carbocycles. The molecule has 1 amide bonds. The van der Waals surface area contributed by atoms with Gasteiger partial charge in [0.25, 0.3) is 0 Å². The van der Waals surface area contributed by atoms with E-state index < -0.39 is 0 Å². The highest BCUT2D eigenvalue weighted by Gasteiger charge is 2.05. The highest BCUT2D eigenvalue weighted by atomic mass is 16.2. The molecule has 1 aromatic rings. The number of carbonyl (C=O) groups excluding carboxylic acids is 2. The molecule has 0 radical (unpaired) electrons. The SMILES string of the molecule is CC(=O)CCNC(=O)C(C)C.CC(C)Cc1ccc(N)cc1. The zero-order valence-electron chi connectivity index (χ0n) is 14.5. The fourth-order valence-electron chi connectivity index (χ4n) is 1.69. The standard InChI is InChI=1S/C10H15N.C8H15NO2/c1-8(2)7-9-3-5-10(11)6-4-9;1-6(2)8(11)9-5-4-7(3)10/h3-6,8H,7,11H2,1-2H3;6H,4-5H2,1-3H3,(H,9,11). The molecule has 0 atom stereocenters. The smallest absolute Gasteiger partial charge is 0.222 e. The predicted molar refractivity (Wildman–Crippen MR) is 92.5 cm³/mol. The first-order valence-corrected chi connectivity index (χ1v) is 7.84.